The largest absolute Gasteiger partial charge is 0.327 e. The summed E-state index contributed by atoms with van der Waals surface area (Å²) in [7, 11) is -1.13. The van der Waals surface area contributed by atoms with E-state index in [4.69, 9.17) is 17.3 Å². The molecule has 1 aromatic carbocycles. The summed E-state index contributed by atoms with van der Waals surface area (Å²) in [6.07, 6.45) is 0.817. The molecule has 0 aliphatic carbocycles. The first-order valence-electron chi connectivity index (χ1n) is 4.98. The minimum absolute atomic E-state index is 0.0536. The van der Waals surface area contributed by atoms with E-state index >= 15 is 0 Å². The van der Waals surface area contributed by atoms with E-state index in [-0.39, 0.29) is 11.3 Å². The molecule has 1 rings (SSSR count). The fourth-order valence-corrected chi connectivity index (χ4v) is 3.05. The van der Waals surface area contributed by atoms with Crippen molar-refractivity contribution in [1.29, 1.82) is 0 Å². The Balaban J connectivity index is 2.90. The van der Waals surface area contributed by atoms with Gasteiger partial charge in [-0.2, -0.15) is 0 Å². The zero-order valence-corrected chi connectivity index (χ0v) is 10.5. The smallest absolute Gasteiger partial charge is 0.0588 e. The molecule has 0 aliphatic rings. The van der Waals surface area contributed by atoms with Crippen LogP contribution in [0.5, 0.6) is 0 Å². The van der Waals surface area contributed by atoms with Crippen molar-refractivity contribution in [2.45, 2.75) is 36.5 Å². The molecule has 2 nitrogen and oxygen atoms in total. The van der Waals surface area contributed by atoms with Crippen LogP contribution in [0.3, 0.4) is 0 Å². The van der Waals surface area contributed by atoms with E-state index in [1.54, 1.807) is 12.1 Å². The van der Waals surface area contributed by atoms with Crippen molar-refractivity contribution >= 4 is 22.4 Å². The Morgan fingerprint density at radius 3 is 2.60 bits per heavy atom. The zero-order valence-electron chi connectivity index (χ0n) is 8.94. The van der Waals surface area contributed by atoms with Gasteiger partial charge in [-0.15, -0.1) is 0 Å². The van der Waals surface area contributed by atoms with Crippen LogP contribution in [0, 0.1) is 0 Å². The van der Waals surface area contributed by atoms with Crippen LogP contribution in [0.4, 0.5) is 0 Å². The third-order valence-corrected chi connectivity index (χ3v) is 4.72. The molecule has 0 spiro atoms. The first-order chi connectivity index (χ1) is 7.07. The first kappa shape index (κ1) is 12.7. The van der Waals surface area contributed by atoms with Crippen molar-refractivity contribution in [3.05, 3.63) is 29.3 Å². The summed E-state index contributed by atoms with van der Waals surface area (Å²) in [5.74, 6) is 0. The molecule has 0 radical (unpaired) electrons. The van der Waals surface area contributed by atoms with Gasteiger partial charge in [0.15, 0.2) is 0 Å². The van der Waals surface area contributed by atoms with Crippen molar-refractivity contribution in [3.63, 3.8) is 0 Å². The maximum absolute atomic E-state index is 12.1. The van der Waals surface area contributed by atoms with Gasteiger partial charge >= 0.3 is 0 Å². The molecular formula is C11H16ClNOS. The lowest BCUT2D eigenvalue weighted by Gasteiger charge is -2.18. The van der Waals surface area contributed by atoms with E-state index in [1.807, 2.05) is 26.0 Å². The highest BCUT2D eigenvalue weighted by molar-refractivity contribution is 7.85. The van der Waals surface area contributed by atoms with Crippen molar-refractivity contribution in [2.24, 2.45) is 5.73 Å². The lowest BCUT2D eigenvalue weighted by Crippen LogP contribution is -2.35. The van der Waals surface area contributed by atoms with Crippen molar-refractivity contribution in [2.75, 3.05) is 0 Å². The minimum Gasteiger partial charge on any atom is -0.327 e. The molecule has 3 unspecified atom stereocenters. The molecule has 0 saturated heterocycles. The van der Waals surface area contributed by atoms with E-state index in [2.05, 4.69) is 0 Å². The first-order valence-corrected chi connectivity index (χ1v) is 6.57. The summed E-state index contributed by atoms with van der Waals surface area (Å²) in [5.41, 5.74) is 5.87. The van der Waals surface area contributed by atoms with Crippen LogP contribution in [0.15, 0.2) is 29.2 Å². The highest BCUT2D eigenvalue weighted by atomic mass is 35.5. The molecule has 1 aromatic rings. The van der Waals surface area contributed by atoms with Crippen LogP contribution < -0.4 is 5.73 Å². The van der Waals surface area contributed by atoms with Crippen LogP contribution in [0.25, 0.3) is 0 Å². The number of halogens is 1. The van der Waals surface area contributed by atoms with Gasteiger partial charge in [0, 0.05) is 6.04 Å². The summed E-state index contributed by atoms with van der Waals surface area (Å²) in [5, 5.41) is 0.473. The van der Waals surface area contributed by atoms with Gasteiger partial charge in [-0.05, 0) is 25.5 Å². The predicted molar refractivity (Wildman–Crippen MR) is 65.6 cm³/mol. The summed E-state index contributed by atoms with van der Waals surface area (Å²) >= 11 is 5.98. The van der Waals surface area contributed by atoms with Gasteiger partial charge in [0.1, 0.15) is 0 Å². The molecule has 0 saturated carbocycles. The second-order valence-electron chi connectivity index (χ2n) is 3.51. The maximum atomic E-state index is 12.1. The lowest BCUT2D eigenvalue weighted by molar-refractivity contribution is 0.610. The molecule has 4 heteroatoms. The topological polar surface area (TPSA) is 43.1 Å². The van der Waals surface area contributed by atoms with Crippen LogP contribution in [-0.4, -0.2) is 15.5 Å². The maximum Gasteiger partial charge on any atom is 0.0588 e. The molecular weight excluding hydrogens is 230 g/mol. The van der Waals surface area contributed by atoms with Crippen molar-refractivity contribution in [1.82, 2.24) is 0 Å². The Labute approximate surface area is 98.3 Å². The second kappa shape index (κ2) is 5.64. The predicted octanol–water partition coefficient (Wildman–Crippen LogP) is 2.57. The van der Waals surface area contributed by atoms with E-state index in [0.717, 1.165) is 6.42 Å². The summed E-state index contributed by atoms with van der Waals surface area (Å²) in [6.45, 7) is 3.89. The van der Waals surface area contributed by atoms with Crippen LogP contribution in [-0.2, 0) is 10.8 Å². The Hall–Kier alpha value is -0.380. The van der Waals surface area contributed by atoms with E-state index < -0.39 is 10.8 Å². The van der Waals surface area contributed by atoms with Crippen LogP contribution >= 0.6 is 11.6 Å². The van der Waals surface area contributed by atoms with Crippen molar-refractivity contribution in [3.8, 4) is 0 Å². The van der Waals surface area contributed by atoms with Gasteiger partial charge in [-0.1, -0.05) is 30.7 Å². The van der Waals surface area contributed by atoms with Gasteiger partial charge in [0.25, 0.3) is 0 Å². The molecule has 0 amide bonds. The fourth-order valence-electron chi connectivity index (χ4n) is 1.30. The van der Waals surface area contributed by atoms with Gasteiger partial charge in [-0.25, -0.2) is 0 Å². The van der Waals surface area contributed by atoms with E-state index in [0.29, 0.717) is 9.92 Å². The van der Waals surface area contributed by atoms with Crippen LogP contribution in [0.1, 0.15) is 20.3 Å². The third-order valence-electron chi connectivity index (χ3n) is 2.47. The van der Waals surface area contributed by atoms with E-state index in [9.17, 15) is 4.21 Å². The Bertz CT molecular complexity index is 356. The van der Waals surface area contributed by atoms with Gasteiger partial charge < -0.3 is 5.73 Å². The summed E-state index contributed by atoms with van der Waals surface area (Å²) < 4.78 is 12.1. The Morgan fingerprint density at radius 1 is 1.47 bits per heavy atom. The molecule has 0 bridgehead atoms. The quantitative estimate of drug-likeness (QED) is 0.886. The average Bonchev–Trinajstić information content (AvgIpc) is 2.26. The molecule has 15 heavy (non-hydrogen) atoms. The highest BCUT2D eigenvalue weighted by Crippen LogP contribution is 2.22. The number of hydrogen-bond donors (Lipinski definition) is 1. The Morgan fingerprint density at radius 2 is 2.07 bits per heavy atom. The number of benzene rings is 1. The van der Waals surface area contributed by atoms with Gasteiger partial charge in [0.2, 0.25) is 0 Å². The zero-order chi connectivity index (χ0) is 11.4. The molecule has 84 valence electrons. The SMILES string of the molecule is CCC(N)C(C)S(=O)c1ccccc1Cl. The molecule has 3 atom stereocenters. The number of nitrogens with two attached hydrogens (primary N) is 1. The van der Waals surface area contributed by atoms with Gasteiger partial charge in [-0.3, -0.25) is 4.21 Å². The van der Waals surface area contributed by atoms with Crippen molar-refractivity contribution < 1.29 is 4.21 Å². The average molecular weight is 246 g/mol. The lowest BCUT2D eigenvalue weighted by atomic mass is 10.2. The molecule has 2 N–H and O–H groups in total. The summed E-state index contributed by atoms with van der Waals surface area (Å²) in [6, 6.07) is 7.15. The third kappa shape index (κ3) is 3.03. The standard InChI is InChI=1S/C11H16ClNOS/c1-3-10(13)8(2)15(14)11-7-5-4-6-9(11)12/h4-8,10H,3,13H2,1-2H3. The Kier molecular flexibility index (Phi) is 4.77. The fraction of sp³-hybridized carbons (Fsp3) is 0.455. The second-order valence-corrected chi connectivity index (χ2v) is 5.69. The number of hydrogen-bond acceptors (Lipinski definition) is 2. The monoisotopic (exact) mass is 245 g/mol. The molecule has 0 fully saturated rings. The normalized spacial score (nSPS) is 17.1. The molecule has 0 aromatic heterocycles. The summed E-state index contributed by atoms with van der Waals surface area (Å²) in [4.78, 5) is 0.676. The highest BCUT2D eigenvalue weighted by Gasteiger charge is 2.20. The van der Waals surface area contributed by atoms with Gasteiger partial charge in [0.05, 0.1) is 26.0 Å². The van der Waals surface area contributed by atoms with E-state index in [1.165, 1.54) is 0 Å². The number of rotatable bonds is 4. The van der Waals surface area contributed by atoms with Crippen LogP contribution in [0.2, 0.25) is 5.02 Å². The molecule has 0 aliphatic heterocycles. The minimum atomic E-state index is -1.13. The molecule has 0 heterocycles.